The number of aryl methyl sites for hydroxylation is 1. The van der Waals surface area contributed by atoms with Gasteiger partial charge in [0.25, 0.3) is 0 Å². The van der Waals surface area contributed by atoms with Gasteiger partial charge in [-0.15, -0.1) is 0 Å². The second-order valence-corrected chi connectivity index (χ2v) is 5.25. The molecule has 1 aliphatic heterocycles. The van der Waals surface area contributed by atoms with Crippen LogP contribution in [0, 0.1) is 5.92 Å². The molecule has 1 aromatic carbocycles. The Balaban J connectivity index is 2.25. The van der Waals surface area contributed by atoms with E-state index in [0.29, 0.717) is 12.0 Å². The summed E-state index contributed by atoms with van der Waals surface area (Å²) >= 11 is 0. The predicted molar refractivity (Wildman–Crippen MR) is 72.4 cm³/mol. The molecule has 1 aromatic rings. The lowest BCUT2D eigenvalue weighted by molar-refractivity contribution is 0.284. The molecule has 2 heteroatoms. The summed E-state index contributed by atoms with van der Waals surface area (Å²) in [6.45, 7) is 5.84. The van der Waals surface area contributed by atoms with Gasteiger partial charge in [0.05, 0.1) is 0 Å². The average Bonchev–Trinajstić information content (AvgIpc) is 2.35. The molecule has 17 heavy (non-hydrogen) atoms. The molecule has 0 aromatic heterocycles. The van der Waals surface area contributed by atoms with Gasteiger partial charge in [0.15, 0.2) is 0 Å². The van der Waals surface area contributed by atoms with E-state index in [1.165, 1.54) is 24.1 Å². The molecule has 2 rings (SSSR count). The molecule has 0 saturated heterocycles. The number of benzene rings is 1. The van der Waals surface area contributed by atoms with E-state index >= 15 is 0 Å². The minimum absolute atomic E-state index is 0.281. The van der Waals surface area contributed by atoms with Crippen molar-refractivity contribution in [1.29, 1.82) is 0 Å². The van der Waals surface area contributed by atoms with Crippen molar-refractivity contribution in [2.75, 3.05) is 18.1 Å². The Morgan fingerprint density at radius 2 is 2.12 bits per heavy atom. The Morgan fingerprint density at radius 3 is 2.82 bits per heavy atom. The van der Waals surface area contributed by atoms with E-state index in [2.05, 4.69) is 43.0 Å². The quantitative estimate of drug-likeness (QED) is 0.864. The lowest BCUT2D eigenvalue weighted by Crippen LogP contribution is -2.43. The van der Waals surface area contributed by atoms with Crippen LogP contribution in [0.5, 0.6) is 0 Å². The zero-order chi connectivity index (χ0) is 12.3. The molecule has 0 radical (unpaired) electrons. The van der Waals surface area contributed by atoms with Crippen LogP contribution in [0.3, 0.4) is 0 Å². The largest absolute Gasteiger partial charge is 0.396 e. The molecule has 1 atom stereocenters. The maximum Gasteiger partial charge on any atom is 0.0447 e. The highest BCUT2D eigenvalue weighted by atomic mass is 16.3. The van der Waals surface area contributed by atoms with Crippen LogP contribution in [0.4, 0.5) is 5.69 Å². The minimum atomic E-state index is 0.281. The minimum Gasteiger partial charge on any atom is -0.396 e. The van der Waals surface area contributed by atoms with Crippen LogP contribution in [0.15, 0.2) is 24.3 Å². The Hall–Kier alpha value is -1.02. The number of aliphatic hydroxyl groups is 1. The summed E-state index contributed by atoms with van der Waals surface area (Å²) in [4.78, 5) is 2.50. The van der Waals surface area contributed by atoms with E-state index < -0.39 is 0 Å². The van der Waals surface area contributed by atoms with Crippen molar-refractivity contribution in [2.45, 2.75) is 39.2 Å². The number of para-hydroxylation sites is 1. The van der Waals surface area contributed by atoms with Gasteiger partial charge in [-0.2, -0.15) is 0 Å². The van der Waals surface area contributed by atoms with Crippen molar-refractivity contribution >= 4 is 5.69 Å². The molecule has 0 fully saturated rings. The first-order chi connectivity index (χ1) is 8.24. The van der Waals surface area contributed by atoms with Crippen molar-refractivity contribution in [3.63, 3.8) is 0 Å². The molecule has 94 valence electrons. The highest BCUT2D eigenvalue weighted by Crippen LogP contribution is 2.33. The lowest BCUT2D eigenvalue weighted by Gasteiger charge is -2.41. The molecule has 0 bridgehead atoms. The van der Waals surface area contributed by atoms with Gasteiger partial charge in [0.2, 0.25) is 0 Å². The predicted octanol–water partition coefficient (Wildman–Crippen LogP) is 2.85. The molecule has 0 saturated carbocycles. The van der Waals surface area contributed by atoms with Gasteiger partial charge in [-0.05, 0) is 36.8 Å². The van der Waals surface area contributed by atoms with Crippen molar-refractivity contribution < 1.29 is 5.11 Å². The topological polar surface area (TPSA) is 23.5 Å². The van der Waals surface area contributed by atoms with Crippen molar-refractivity contribution in [1.82, 2.24) is 0 Å². The van der Waals surface area contributed by atoms with E-state index in [1.54, 1.807) is 0 Å². The maximum atomic E-state index is 9.04. The van der Waals surface area contributed by atoms with Crippen LogP contribution in [-0.2, 0) is 6.42 Å². The van der Waals surface area contributed by atoms with E-state index in [9.17, 15) is 0 Å². The second kappa shape index (κ2) is 5.54. The molecule has 1 N–H and O–H groups in total. The van der Waals surface area contributed by atoms with Gasteiger partial charge in [-0.1, -0.05) is 32.0 Å². The first-order valence-corrected chi connectivity index (χ1v) is 6.69. The first-order valence-electron chi connectivity index (χ1n) is 6.69. The smallest absolute Gasteiger partial charge is 0.0447 e. The van der Waals surface area contributed by atoms with Gasteiger partial charge >= 0.3 is 0 Å². The normalized spacial score (nSPS) is 19.5. The van der Waals surface area contributed by atoms with Crippen molar-refractivity contribution in [3.05, 3.63) is 29.8 Å². The SMILES string of the molecule is CC(C)[C@@H]1CCc2ccccc2N1CCCO. The van der Waals surface area contributed by atoms with Crippen LogP contribution < -0.4 is 4.90 Å². The highest BCUT2D eigenvalue weighted by Gasteiger charge is 2.27. The van der Waals surface area contributed by atoms with Gasteiger partial charge in [0.1, 0.15) is 0 Å². The number of fused-ring (bicyclic) bond motifs is 1. The van der Waals surface area contributed by atoms with Crippen molar-refractivity contribution in [3.8, 4) is 0 Å². The molecule has 0 spiro atoms. The Morgan fingerprint density at radius 1 is 1.35 bits per heavy atom. The molecule has 2 nitrogen and oxygen atoms in total. The van der Waals surface area contributed by atoms with E-state index in [0.717, 1.165) is 13.0 Å². The summed E-state index contributed by atoms with van der Waals surface area (Å²) in [7, 11) is 0. The highest BCUT2D eigenvalue weighted by molar-refractivity contribution is 5.56. The van der Waals surface area contributed by atoms with Crippen LogP contribution in [0.25, 0.3) is 0 Å². The van der Waals surface area contributed by atoms with Gasteiger partial charge < -0.3 is 10.0 Å². The summed E-state index contributed by atoms with van der Waals surface area (Å²) in [5.41, 5.74) is 2.84. The second-order valence-electron chi connectivity index (χ2n) is 5.25. The number of anilines is 1. The monoisotopic (exact) mass is 233 g/mol. The Labute approximate surface area is 104 Å². The number of hydrogen-bond donors (Lipinski definition) is 1. The van der Waals surface area contributed by atoms with Crippen LogP contribution in [0.1, 0.15) is 32.3 Å². The Bertz CT molecular complexity index is 362. The summed E-state index contributed by atoms with van der Waals surface area (Å²) in [6.07, 6.45) is 3.28. The fourth-order valence-corrected chi connectivity index (χ4v) is 2.86. The number of nitrogens with zero attached hydrogens (tertiary/aromatic N) is 1. The van der Waals surface area contributed by atoms with Crippen molar-refractivity contribution in [2.24, 2.45) is 5.92 Å². The van der Waals surface area contributed by atoms with E-state index in [1.807, 2.05) is 0 Å². The maximum absolute atomic E-state index is 9.04. The number of rotatable bonds is 4. The zero-order valence-corrected chi connectivity index (χ0v) is 10.9. The molecule has 0 aliphatic carbocycles. The summed E-state index contributed by atoms with van der Waals surface area (Å²) in [5, 5.41) is 9.04. The third kappa shape index (κ3) is 2.63. The molecule has 1 heterocycles. The number of hydrogen-bond acceptors (Lipinski definition) is 2. The fourth-order valence-electron chi connectivity index (χ4n) is 2.86. The molecule has 1 aliphatic rings. The number of aliphatic hydroxyl groups excluding tert-OH is 1. The van der Waals surface area contributed by atoms with Crippen LogP contribution in [0.2, 0.25) is 0 Å². The molecule has 0 amide bonds. The standard InChI is InChI=1S/C15H23NO/c1-12(2)14-9-8-13-6-3-4-7-15(13)16(14)10-5-11-17/h3-4,6-7,12,14,17H,5,8-11H2,1-2H3/t14-/m0/s1. The van der Waals surface area contributed by atoms with Gasteiger partial charge in [0, 0.05) is 24.9 Å². The lowest BCUT2D eigenvalue weighted by atomic mass is 9.89. The average molecular weight is 233 g/mol. The fraction of sp³-hybridized carbons (Fsp3) is 0.600. The zero-order valence-electron chi connectivity index (χ0n) is 10.9. The van der Waals surface area contributed by atoms with Crippen LogP contribution >= 0.6 is 0 Å². The Kier molecular flexibility index (Phi) is 4.06. The summed E-state index contributed by atoms with van der Waals surface area (Å²) in [5.74, 6) is 0.669. The summed E-state index contributed by atoms with van der Waals surface area (Å²) in [6, 6.07) is 9.32. The van der Waals surface area contributed by atoms with Gasteiger partial charge in [-0.25, -0.2) is 0 Å². The molecule has 0 unspecified atom stereocenters. The third-order valence-electron chi connectivity index (χ3n) is 3.74. The third-order valence-corrected chi connectivity index (χ3v) is 3.74. The van der Waals surface area contributed by atoms with Crippen LogP contribution in [-0.4, -0.2) is 24.3 Å². The van der Waals surface area contributed by atoms with E-state index in [-0.39, 0.29) is 6.61 Å². The molecular weight excluding hydrogens is 210 g/mol. The molecular formula is C15H23NO. The first kappa shape index (κ1) is 12.4. The van der Waals surface area contributed by atoms with Gasteiger partial charge in [-0.3, -0.25) is 0 Å². The summed E-state index contributed by atoms with van der Waals surface area (Å²) < 4.78 is 0. The van der Waals surface area contributed by atoms with E-state index in [4.69, 9.17) is 5.11 Å².